The molecule has 0 N–H and O–H groups in total. The molecule has 2 aliphatic rings. The smallest absolute Gasteiger partial charge is 0.328 e. The van der Waals surface area contributed by atoms with Crippen LogP contribution in [0.1, 0.15) is 52.6 Å². The molecule has 3 aromatic rings. The number of hydrogen-bond acceptors (Lipinski definition) is 5. The van der Waals surface area contributed by atoms with E-state index in [9.17, 15) is 27.6 Å². The first-order valence-electron chi connectivity index (χ1n) is 13.6. The summed E-state index contributed by atoms with van der Waals surface area (Å²) in [5.41, 5.74) is -0.403. The number of carbonyl (C=O) groups is 3. The van der Waals surface area contributed by atoms with Crippen LogP contribution in [-0.4, -0.2) is 64.9 Å². The van der Waals surface area contributed by atoms with Crippen molar-refractivity contribution in [3.63, 3.8) is 0 Å². The number of esters is 1. The highest BCUT2D eigenvalue weighted by molar-refractivity contribution is 5.96. The second kappa shape index (κ2) is 11.3. The first-order valence-corrected chi connectivity index (χ1v) is 13.6. The van der Waals surface area contributed by atoms with Crippen LogP contribution < -0.4 is 0 Å². The normalized spacial score (nSPS) is 18.0. The number of nitrogens with zero attached hydrogens (tertiary/aromatic N) is 3. The van der Waals surface area contributed by atoms with E-state index in [4.69, 9.17) is 4.74 Å². The lowest BCUT2D eigenvalue weighted by atomic mass is 9.76. The van der Waals surface area contributed by atoms with Crippen molar-refractivity contribution < 1.29 is 32.3 Å². The third-order valence-electron chi connectivity index (χ3n) is 7.97. The molecular formula is C31H30F3N3O4. The van der Waals surface area contributed by atoms with Crippen LogP contribution in [0.25, 0.3) is 11.3 Å². The summed E-state index contributed by atoms with van der Waals surface area (Å²) < 4.78 is 48.8. The summed E-state index contributed by atoms with van der Waals surface area (Å²) in [6, 6.07) is 11.6. The Bertz CT molecular complexity index is 1480. The van der Waals surface area contributed by atoms with Crippen molar-refractivity contribution in [2.75, 3.05) is 26.2 Å². The van der Waals surface area contributed by atoms with Crippen molar-refractivity contribution in [3.05, 3.63) is 88.9 Å². The van der Waals surface area contributed by atoms with Gasteiger partial charge in [0, 0.05) is 25.2 Å². The highest BCUT2D eigenvalue weighted by Crippen LogP contribution is 2.44. The number of halogens is 3. The maximum Gasteiger partial charge on any atom is 0.328 e. The standard InChI is InChI=1S/C31H30F3N3O4/c1-3-41-30(40)25-17-31(12-14-36(15-13-31)28(38)20-7-4-6-19(2)16-20)18-37(25)29(39)24-11-10-23(34)27(35-24)26-21(32)8-5-9-22(26)33/h4-11,16,25H,3,12-15,17-18H2,1-2H3. The van der Waals surface area contributed by atoms with Gasteiger partial charge >= 0.3 is 5.97 Å². The van der Waals surface area contributed by atoms with Gasteiger partial charge in [-0.25, -0.2) is 22.9 Å². The summed E-state index contributed by atoms with van der Waals surface area (Å²) >= 11 is 0. The number of amides is 2. The van der Waals surface area contributed by atoms with E-state index in [2.05, 4.69) is 4.98 Å². The fraction of sp³-hybridized carbons (Fsp3) is 0.355. The maximum atomic E-state index is 14.7. The van der Waals surface area contributed by atoms with Gasteiger partial charge in [0.1, 0.15) is 34.9 Å². The number of aryl methyl sites for hydroxylation is 1. The van der Waals surface area contributed by atoms with E-state index in [0.29, 0.717) is 37.9 Å². The largest absolute Gasteiger partial charge is 0.464 e. The number of hydrogen-bond donors (Lipinski definition) is 0. The number of ether oxygens (including phenoxy) is 1. The van der Waals surface area contributed by atoms with Crippen LogP contribution in [0.4, 0.5) is 13.2 Å². The summed E-state index contributed by atoms with van der Waals surface area (Å²) in [5.74, 6) is -4.33. The number of carbonyl (C=O) groups excluding carboxylic acids is 3. The first kappa shape index (κ1) is 28.3. The number of rotatable bonds is 5. The molecule has 1 spiro atoms. The molecule has 1 unspecified atom stereocenters. The average Bonchev–Trinajstić information content (AvgIpc) is 3.32. The van der Waals surface area contributed by atoms with E-state index >= 15 is 0 Å². The quantitative estimate of drug-likeness (QED) is 0.399. The van der Waals surface area contributed by atoms with E-state index in [1.54, 1.807) is 17.9 Å². The van der Waals surface area contributed by atoms with Crippen molar-refractivity contribution >= 4 is 17.8 Å². The molecule has 1 aromatic heterocycles. The predicted molar refractivity (Wildman–Crippen MR) is 144 cm³/mol. The van der Waals surface area contributed by atoms with Gasteiger partial charge < -0.3 is 14.5 Å². The highest BCUT2D eigenvalue weighted by atomic mass is 19.1. The van der Waals surface area contributed by atoms with Crippen molar-refractivity contribution in [2.45, 2.75) is 39.2 Å². The summed E-state index contributed by atoms with van der Waals surface area (Å²) in [6.07, 6.45) is 1.46. The maximum absolute atomic E-state index is 14.7. The molecule has 3 heterocycles. The summed E-state index contributed by atoms with van der Waals surface area (Å²) in [7, 11) is 0. The van der Waals surface area contributed by atoms with Crippen LogP contribution in [0.3, 0.4) is 0 Å². The summed E-state index contributed by atoms with van der Waals surface area (Å²) in [5, 5.41) is 0. The Hall–Kier alpha value is -4.21. The van der Waals surface area contributed by atoms with Gasteiger partial charge in [-0.15, -0.1) is 0 Å². The fourth-order valence-corrected chi connectivity index (χ4v) is 5.83. The van der Waals surface area contributed by atoms with Crippen LogP contribution in [-0.2, 0) is 9.53 Å². The first-order chi connectivity index (χ1) is 19.6. The molecule has 41 heavy (non-hydrogen) atoms. The minimum absolute atomic E-state index is 0.0696. The zero-order valence-electron chi connectivity index (χ0n) is 22.8. The number of benzene rings is 2. The van der Waals surface area contributed by atoms with Gasteiger partial charge in [-0.3, -0.25) is 9.59 Å². The molecule has 10 heteroatoms. The Morgan fingerprint density at radius 3 is 2.29 bits per heavy atom. The summed E-state index contributed by atoms with van der Waals surface area (Å²) in [6.45, 7) is 4.82. The highest BCUT2D eigenvalue weighted by Gasteiger charge is 2.51. The molecule has 1 atom stereocenters. The van der Waals surface area contributed by atoms with Gasteiger partial charge in [0.25, 0.3) is 11.8 Å². The lowest BCUT2D eigenvalue weighted by Gasteiger charge is -2.39. The Labute approximate surface area is 235 Å². The topological polar surface area (TPSA) is 79.8 Å². The predicted octanol–water partition coefficient (Wildman–Crippen LogP) is 5.17. The second-order valence-corrected chi connectivity index (χ2v) is 10.7. The van der Waals surface area contributed by atoms with Crippen LogP contribution in [0, 0.1) is 29.8 Å². The lowest BCUT2D eigenvalue weighted by Crippen LogP contribution is -2.45. The molecule has 2 fully saturated rings. The molecule has 0 radical (unpaired) electrons. The third kappa shape index (κ3) is 5.55. The van der Waals surface area contributed by atoms with Crippen LogP contribution in [0.5, 0.6) is 0 Å². The zero-order valence-corrected chi connectivity index (χ0v) is 22.8. The Morgan fingerprint density at radius 2 is 1.63 bits per heavy atom. The molecule has 2 saturated heterocycles. The van der Waals surface area contributed by atoms with Crippen molar-refractivity contribution in [3.8, 4) is 11.3 Å². The molecule has 7 nitrogen and oxygen atoms in total. The molecule has 2 amide bonds. The zero-order chi connectivity index (χ0) is 29.3. The van der Waals surface area contributed by atoms with E-state index in [1.807, 2.05) is 25.1 Å². The van der Waals surface area contributed by atoms with Gasteiger partial charge in [-0.2, -0.15) is 0 Å². The van der Waals surface area contributed by atoms with Gasteiger partial charge in [0.2, 0.25) is 0 Å². The fourth-order valence-electron chi connectivity index (χ4n) is 5.83. The SMILES string of the molecule is CCOC(=O)C1CC2(CCN(C(=O)c3cccc(C)c3)CC2)CN1C(=O)c1ccc(F)c(-c2c(F)cccc2F)n1. The molecule has 214 valence electrons. The van der Waals surface area contributed by atoms with Crippen LogP contribution in [0.2, 0.25) is 0 Å². The molecule has 2 aromatic carbocycles. The number of likely N-dealkylation sites (tertiary alicyclic amines) is 2. The van der Waals surface area contributed by atoms with E-state index in [1.165, 1.54) is 4.90 Å². The molecule has 0 aliphatic carbocycles. The van der Waals surface area contributed by atoms with E-state index in [0.717, 1.165) is 35.9 Å². The molecule has 5 rings (SSSR count). The minimum Gasteiger partial charge on any atom is -0.464 e. The summed E-state index contributed by atoms with van der Waals surface area (Å²) in [4.78, 5) is 46.9. The Balaban J connectivity index is 1.39. The van der Waals surface area contributed by atoms with Gasteiger partial charge in [-0.1, -0.05) is 23.8 Å². The van der Waals surface area contributed by atoms with Crippen molar-refractivity contribution in [2.24, 2.45) is 5.41 Å². The lowest BCUT2D eigenvalue weighted by molar-refractivity contribution is -0.147. The second-order valence-electron chi connectivity index (χ2n) is 10.7. The molecular weight excluding hydrogens is 535 g/mol. The van der Waals surface area contributed by atoms with Gasteiger partial charge in [0.05, 0.1) is 12.2 Å². The Morgan fingerprint density at radius 1 is 0.951 bits per heavy atom. The van der Waals surface area contributed by atoms with Crippen LogP contribution >= 0.6 is 0 Å². The monoisotopic (exact) mass is 565 g/mol. The van der Waals surface area contributed by atoms with E-state index < -0.39 is 52.0 Å². The van der Waals surface area contributed by atoms with Crippen LogP contribution in [0.15, 0.2) is 54.6 Å². The number of piperidine rings is 1. The van der Waals surface area contributed by atoms with Gasteiger partial charge in [-0.05, 0) is 74.9 Å². The number of aromatic nitrogens is 1. The third-order valence-corrected chi connectivity index (χ3v) is 7.97. The molecule has 0 bridgehead atoms. The van der Waals surface area contributed by atoms with Crippen molar-refractivity contribution in [1.29, 1.82) is 0 Å². The number of pyridine rings is 1. The molecule has 0 saturated carbocycles. The van der Waals surface area contributed by atoms with Crippen molar-refractivity contribution in [1.82, 2.24) is 14.8 Å². The Kier molecular flexibility index (Phi) is 7.84. The van der Waals surface area contributed by atoms with E-state index in [-0.39, 0.29) is 24.8 Å². The van der Waals surface area contributed by atoms with Gasteiger partial charge in [0.15, 0.2) is 0 Å². The average molecular weight is 566 g/mol. The minimum atomic E-state index is -1.02. The molecule has 2 aliphatic heterocycles.